The first kappa shape index (κ1) is 11.8. The Morgan fingerprint density at radius 2 is 2.29 bits per heavy atom. The molecule has 1 aliphatic carbocycles. The summed E-state index contributed by atoms with van der Waals surface area (Å²) >= 11 is 1.20. The summed E-state index contributed by atoms with van der Waals surface area (Å²) < 4.78 is 1.71. The van der Waals surface area contributed by atoms with E-state index < -0.39 is 17.2 Å². The standard InChI is InChI=1S/C8H12N6O2S/c1-4(6(15)10-7(9)16)17-8-11-12-13-14(8)5-2-3-5/h4-5H,2-3H2,1H3,(H3,9,10,15,16)/t4-/m1/s1. The monoisotopic (exact) mass is 256 g/mol. The number of urea groups is 1. The molecule has 1 fully saturated rings. The van der Waals surface area contributed by atoms with E-state index in [1.165, 1.54) is 11.8 Å². The van der Waals surface area contributed by atoms with Crippen LogP contribution in [0.15, 0.2) is 5.16 Å². The lowest BCUT2D eigenvalue weighted by Crippen LogP contribution is -2.39. The van der Waals surface area contributed by atoms with E-state index in [1.54, 1.807) is 11.6 Å². The van der Waals surface area contributed by atoms with E-state index in [-0.39, 0.29) is 0 Å². The molecule has 3 N–H and O–H groups in total. The fourth-order valence-electron chi connectivity index (χ4n) is 1.25. The zero-order valence-electron chi connectivity index (χ0n) is 9.16. The molecule has 9 heteroatoms. The number of thioether (sulfide) groups is 1. The number of tetrazole rings is 1. The van der Waals surface area contributed by atoms with Crippen LogP contribution >= 0.6 is 11.8 Å². The first-order chi connectivity index (χ1) is 8.08. The molecule has 8 nitrogen and oxygen atoms in total. The molecule has 17 heavy (non-hydrogen) atoms. The third-order valence-electron chi connectivity index (χ3n) is 2.25. The summed E-state index contributed by atoms with van der Waals surface area (Å²) in [5.41, 5.74) is 4.87. The van der Waals surface area contributed by atoms with Gasteiger partial charge in [-0.25, -0.2) is 9.48 Å². The van der Waals surface area contributed by atoms with Crippen LogP contribution in [0.4, 0.5) is 4.79 Å². The Morgan fingerprint density at radius 3 is 2.88 bits per heavy atom. The molecule has 92 valence electrons. The molecule has 0 aliphatic heterocycles. The van der Waals surface area contributed by atoms with Crippen molar-refractivity contribution in [2.24, 2.45) is 5.73 Å². The number of carbonyl (C=O) groups excluding carboxylic acids is 2. The summed E-state index contributed by atoms with van der Waals surface area (Å²) in [7, 11) is 0. The second-order valence-corrected chi connectivity index (χ2v) is 5.06. The van der Waals surface area contributed by atoms with Crippen LogP contribution in [-0.2, 0) is 4.79 Å². The van der Waals surface area contributed by atoms with Crippen molar-refractivity contribution in [2.75, 3.05) is 0 Å². The number of amides is 3. The van der Waals surface area contributed by atoms with Crippen molar-refractivity contribution < 1.29 is 9.59 Å². The van der Waals surface area contributed by atoms with Crippen LogP contribution in [0.3, 0.4) is 0 Å². The van der Waals surface area contributed by atoms with Gasteiger partial charge in [-0.2, -0.15) is 0 Å². The van der Waals surface area contributed by atoms with E-state index in [2.05, 4.69) is 15.5 Å². The van der Waals surface area contributed by atoms with Crippen LogP contribution < -0.4 is 11.1 Å². The second-order valence-electron chi connectivity index (χ2n) is 3.75. The van der Waals surface area contributed by atoms with Gasteiger partial charge in [0.2, 0.25) is 11.1 Å². The topological polar surface area (TPSA) is 116 Å². The molecule has 0 saturated heterocycles. The van der Waals surface area contributed by atoms with Crippen LogP contribution in [0.2, 0.25) is 0 Å². The van der Waals surface area contributed by atoms with Crippen molar-refractivity contribution in [1.29, 1.82) is 0 Å². The number of hydrogen-bond donors (Lipinski definition) is 2. The highest BCUT2D eigenvalue weighted by atomic mass is 32.2. The maximum atomic E-state index is 11.5. The third kappa shape index (κ3) is 2.93. The summed E-state index contributed by atoms with van der Waals surface area (Å²) in [4.78, 5) is 22.0. The Kier molecular flexibility index (Phi) is 3.27. The summed E-state index contributed by atoms with van der Waals surface area (Å²) in [5, 5.41) is 13.4. The van der Waals surface area contributed by atoms with E-state index in [0.29, 0.717) is 11.2 Å². The zero-order chi connectivity index (χ0) is 12.4. The molecule has 3 amide bonds. The quantitative estimate of drug-likeness (QED) is 0.713. The van der Waals surface area contributed by atoms with Gasteiger partial charge in [-0.1, -0.05) is 11.8 Å². The van der Waals surface area contributed by atoms with Crippen molar-refractivity contribution >= 4 is 23.7 Å². The number of nitrogens with two attached hydrogens (primary N) is 1. The van der Waals surface area contributed by atoms with Crippen LogP contribution in [0.1, 0.15) is 25.8 Å². The van der Waals surface area contributed by atoms with Gasteiger partial charge in [-0.05, 0) is 30.2 Å². The minimum atomic E-state index is -0.857. The highest BCUT2D eigenvalue weighted by Crippen LogP contribution is 2.37. The van der Waals surface area contributed by atoms with Gasteiger partial charge in [0, 0.05) is 0 Å². The first-order valence-corrected chi connectivity index (χ1v) is 6.00. The highest BCUT2D eigenvalue weighted by Gasteiger charge is 2.29. The molecule has 0 aromatic carbocycles. The Bertz CT molecular complexity index is 443. The fourth-order valence-corrected chi connectivity index (χ4v) is 2.11. The molecular weight excluding hydrogens is 244 g/mol. The van der Waals surface area contributed by atoms with Gasteiger partial charge in [-0.3, -0.25) is 10.1 Å². The van der Waals surface area contributed by atoms with Crippen LogP contribution in [0, 0.1) is 0 Å². The summed E-state index contributed by atoms with van der Waals surface area (Å²) in [6.45, 7) is 1.66. The predicted octanol–water partition coefficient (Wildman–Crippen LogP) is -0.317. The fraction of sp³-hybridized carbons (Fsp3) is 0.625. The lowest BCUT2D eigenvalue weighted by Gasteiger charge is -2.09. The van der Waals surface area contributed by atoms with Crippen molar-refractivity contribution in [3.8, 4) is 0 Å². The third-order valence-corrected chi connectivity index (χ3v) is 3.30. The van der Waals surface area contributed by atoms with Gasteiger partial charge in [0.25, 0.3) is 0 Å². The van der Waals surface area contributed by atoms with E-state index in [4.69, 9.17) is 5.73 Å². The van der Waals surface area contributed by atoms with Crippen molar-refractivity contribution in [1.82, 2.24) is 25.5 Å². The van der Waals surface area contributed by atoms with Crippen molar-refractivity contribution in [2.45, 2.75) is 36.2 Å². The molecular formula is C8H12N6O2S. The average Bonchev–Trinajstić information content (AvgIpc) is 2.99. The predicted molar refractivity (Wildman–Crippen MR) is 59.1 cm³/mol. The lowest BCUT2D eigenvalue weighted by atomic mass is 10.4. The first-order valence-electron chi connectivity index (χ1n) is 5.12. The number of imide groups is 1. The second kappa shape index (κ2) is 4.70. The van der Waals surface area contributed by atoms with Crippen LogP contribution in [0.5, 0.6) is 0 Å². The van der Waals surface area contributed by atoms with E-state index >= 15 is 0 Å². The average molecular weight is 256 g/mol. The Balaban J connectivity index is 1.97. The van der Waals surface area contributed by atoms with Gasteiger partial charge < -0.3 is 5.73 Å². The maximum absolute atomic E-state index is 11.5. The largest absolute Gasteiger partial charge is 0.351 e. The molecule has 0 unspecified atom stereocenters. The Morgan fingerprint density at radius 1 is 1.59 bits per heavy atom. The number of hydrogen-bond acceptors (Lipinski definition) is 6. The van der Waals surface area contributed by atoms with Crippen molar-refractivity contribution in [3.63, 3.8) is 0 Å². The van der Waals surface area contributed by atoms with Gasteiger partial charge >= 0.3 is 6.03 Å². The minimum absolute atomic E-state index is 0.346. The Labute approximate surface area is 101 Å². The van der Waals surface area contributed by atoms with Crippen LogP contribution in [-0.4, -0.2) is 37.4 Å². The maximum Gasteiger partial charge on any atom is 0.318 e. The summed E-state index contributed by atoms with van der Waals surface area (Å²) in [6, 6.07) is -0.511. The number of rotatable bonds is 4. The molecule has 0 radical (unpaired) electrons. The Hall–Kier alpha value is -1.64. The lowest BCUT2D eigenvalue weighted by molar-refractivity contribution is -0.119. The van der Waals surface area contributed by atoms with Crippen LogP contribution in [0.25, 0.3) is 0 Å². The molecule has 1 saturated carbocycles. The number of aromatic nitrogens is 4. The molecule has 2 rings (SSSR count). The number of carbonyl (C=O) groups is 2. The summed E-state index contributed by atoms with van der Waals surface area (Å²) in [5.74, 6) is -0.451. The van der Waals surface area contributed by atoms with E-state index in [0.717, 1.165) is 12.8 Å². The number of primary amides is 1. The van der Waals surface area contributed by atoms with E-state index in [1.807, 2.05) is 5.32 Å². The summed E-state index contributed by atoms with van der Waals surface area (Å²) in [6.07, 6.45) is 2.11. The molecule has 1 aliphatic rings. The smallest absolute Gasteiger partial charge is 0.318 e. The van der Waals surface area contributed by atoms with Gasteiger partial charge in [0.15, 0.2) is 0 Å². The molecule has 1 aromatic rings. The molecule has 1 heterocycles. The molecule has 0 spiro atoms. The minimum Gasteiger partial charge on any atom is -0.351 e. The van der Waals surface area contributed by atoms with E-state index in [9.17, 15) is 9.59 Å². The molecule has 1 atom stereocenters. The van der Waals surface area contributed by atoms with Gasteiger partial charge in [0.1, 0.15) is 0 Å². The number of nitrogens with zero attached hydrogens (tertiary/aromatic N) is 4. The molecule has 1 aromatic heterocycles. The highest BCUT2D eigenvalue weighted by molar-refractivity contribution is 8.00. The van der Waals surface area contributed by atoms with Gasteiger partial charge in [0.05, 0.1) is 11.3 Å². The van der Waals surface area contributed by atoms with Crippen molar-refractivity contribution in [3.05, 3.63) is 0 Å². The normalized spacial score (nSPS) is 16.5. The number of nitrogens with one attached hydrogen (secondary N) is 1. The molecule has 0 bridgehead atoms. The SMILES string of the molecule is C[C@@H](Sc1nnnn1C1CC1)C(=O)NC(N)=O. The van der Waals surface area contributed by atoms with Gasteiger partial charge in [-0.15, -0.1) is 5.10 Å². The zero-order valence-corrected chi connectivity index (χ0v) is 9.98.